The van der Waals surface area contributed by atoms with Gasteiger partial charge in [-0.05, 0) is 17.7 Å². The smallest absolute Gasteiger partial charge is 0.250 e. The van der Waals surface area contributed by atoms with Crippen molar-refractivity contribution in [2.75, 3.05) is 5.73 Å². The van der Waals surface area contributed by atoms with Crippen molar-refractivity contribution in [1.29, 1.82) is 0 Å². The highest BCUT2D eigenvalue weighted by atomic mass is 16.1. The molecule has 5 nitrogen and oxygen atoms in total. The minimum absolute atomic E-state index is 0.326. The molecule has 4 N–H and O–H groups in total. The van der Waals surface area contributed by atoms with Crippen LogP contribution < -0.4 is 11.5 Å². The molecule has 0 atom stereocenters. The van der Waals surface area contributed by atoms with Crippen LogP contribution in [0.1, 0.15) is 15.9 Å². The number of nitrogens with two attached hydrogens (primary N) is 2. The Hall–Kier alpha value is -2.82. The molecule has 1 heterocycles. The molecule has 1 aromatic heterocycles. The van der Waals surface area contributed by atoms with Crippen molar-refractivity contribution >= 4 is 22.6 Å². The Labute approximate surface area is 115 Å². The number of fused-ring (bicyclic) bond motifs is 1. The first-order chi connectivity index (χ1) is 9.65. The fraction of sp³-hybridized carbons (Fsp3) is 0.0667. The van der Waals surface area contributed by atoms with Crippen molar-refractivity contribution in [2.24, 2.45) is 5.73 Å². The van der Waals surface area contributed by atoms with Crippen LogP contribution in [-0.2, 0) is 6.54 Å². The molecule has 0 spiro atoms. The van der Waals surface area contributed by atoms with Crippen molar-refractivity contribution in [3.63, 3.8) is 0 Å². The van der Waals surface area contributed by atoms with Gasteiger partial charge in [0.05, 0.1) is 22.9 Å². The first-order valence-corrected chi connectivity index (χ1v) is 6.23. The summed E-state index contributed by atoms with van der Waals surface area (Å²) < 4.78 is 1.97. The van der Waals surface area contributed by atoms with Crippen LogP contribution >= 0.6 is 0 Å². The molecule has 0 aliphatic carbocycles. The summed E-state index contributed by atoms with van der Waals surface area (Å²) in [6.45, 7) is 0.680. The average molecular weight is 266 g/mol. The number of nitrogens with zero attached hydrogens (tertiary/aromatic N) is 2. The Kier molecular flexibility index (Phi) is 2.87. The van der Waals surface area contributed by atoms with Gasteiger partial charge in [0.25, 0.3) is 5.91 Å². The maximum Gasteiger partial charge on any atom is 0.250 e. The lowest BCUT2D eigenvalue weighted by molar-refractivity contribution is 0.100. The molecule has 0 saturated carbocycles. The van der Waals surface area contributed by atoms with Crippen LogP contribution in [0, 0.1) is 0 Å². The molecule has 1 amide bonds. The highest BCUT2D eigenvalue weighted by molar-refractivity contribution is 6.01. The summed E-state index contributed by atoms with van der Waals surface area (Å²) in [7, 11) is 0. The summed E-state index contributed by atoms with van der Waals surface area (Å²) in [4.78, 5) is 15.7. The second-order valence-electron chi connectivity index (χ2n) is 4.65. The van der Waals surface area contributed by atoms with Crippen LogP contribution in [0.4, 0.5) is 5.69 Å². The third-order valence-corrected chi connectivity index (χ3v) is 3.25. The number of hydrogen-bond donors (Lipinski definition) is 2. The van der Waals surface area contributed by atoms with Gasteiger partial charge in [-0.25, -0.2) is 4.98 Å². The molecule has 0 aliphatic heterocycles. The van der Waals surface area contributed by atoms with Crippen LogP contribution in [0.3, 0.4) is 0 Å². The molecule has 0 fully saturated rings. The average Bonchev–Trinajstić information content (AvgIpc) is 2.81. The number of primary amides is 1. The number of hydrogen-bond acceptors (Lipinski definition) is 3. The van der Waals surface area contributed by atoms with Gasteiger partial charge >= 0.3 is 0 Å². The minimum Gasteiger partial charge on any atom is -0.398 e. The summed E-state index contributed by atoms with van der Waals surface area (Å²) >= 11 is 0. The number of carbonyl (C=O) groups excluding carboxylic acids is 1. The van der Waals surface area contributed by atoms with E-state index < -0.39 is 5.91 Å². The van der Waals surface area contributed by atoms with E-state index in [1.54, 1.807) is 18.5 Å². The first-order valence-electron chi connectivity index (χ1n) is 6.23. The Morgan fingerprint density at radius 2 is 1.95 bits per heavy atom. The molecule has 0 radical (unpaired) electrons. The van der Waals surface area contributed by atoms with E-state index in [0.717, 1.165) is 16.6 Å². The summed E-state index contributed by atoms with van der Waals surface area (Å²) in [5.74, 6) is -0.531. The van der Waals surface area contributed by atoms with Crippen LogP contribution in [0.2, 0.25) is 0 Å². The first kappa shape index (κ1) is 12.2. The summed E-state index contributed by atoms with van der Waals surface area (Å²) in [5.41, 5.74) is 14.6. The number of aromatic nitrogens is 2. The predicted octanol–water partition coefficient (Wildman–Crippen LogP) is 1.77. The molecule has 3 rings (SSSR count). The predicted molar refractivity (Wildman–Crippen MR) is 78.2 cm³/mol. The minimum atomic E-state index is -0.531. The van der Waals surface area contributed by atoms with E-state index in [1.807, 2.05) is 34.9 Å². The molecule has 5 heteroatoms. The van der Waals surface area contributed by atoms with E-state index in [2.05, 4.69) is 4.98 Å². The third-order valence-electron chi connectivity index (χ3n) is 3.25. The zero-order chi connectivity index (χ0) is 14.1. The van der Waals surface area contributed by atoms with E-state index >= 15 is 0 Å². The van der Waals surface area contributed by atoms with Gasteiger partial charge in [-0.1, -0.05) is 30.3 Å². The van der Waals surface area contributed by atoms with Gasteiger partial charge in [0.1, 0.15) is 0 Å². The Bertz CT molecular complexity index is 777. The van der Waals surface area contributed by atoms with E-state index in [9.17, 15) is 4.79 Å². The van der Waals surface area contributed by atoms with Gasteiger partial charge in [0.15, 0.2) is 0 Å². The number of anilines is 1. The number of carbonyl (C=O) groups is 1. The third kappa shape index (κ3) is 2.09. The lowest BCUT2D eigenvalue weighted by Gasteiger charge is -2.06. The van der Waals surface area contributed by atoms with Crippen molar-refractivity contribution < 1.29 is 4.79 Å². The maximum absolute atomic E-state index is 11.4. The largest absolute Gasteiger partial charge is 0.398 e. The van der Waals surface area contributed by atoms with Crippen molar-refractivity contribution in [2.45, 2.75) is 6.54 Å². The van der Waals surface area contributed by atoms with Crippen molar-refractivity contribution in [3.05, 3.63) is 59.9 Å². The molecular formula is C15H14N4O. The topological polar surface area (TPSA) is 86.9 Å². The molecule has 20 heavy (non-hydrogen) atoms. The molecule has 0 unspecified atom stereocenters. The van der Waals surface area contributed by atoms with Gasteiger partial charge in [-0.2, -0.15) is 0 Å². The fourth-order valence-corrected chi connectivity index (χ4v) is 2.24. The summed E-state index contributed by atoms with van der Waals surface area (Å²) in [6.07, 6.45) is 1.74. The normalized spacial score (nSPS) is 10.8. The highest BCUT2D eigenvalue weighted by Gasteiger charge is 2.11. The van der Waals surface area contributed by atoms with Crippen molar-refractivity contribution in [3.8, 4) is 0 Å². The van der Waals surface area contributed by atoms with Gasteiger partial charge < -0.3 is 16.0 Å². The molecule has 3 aromatic rings. The number of nitrogen functional groups attached to an aromatic ring is 1. The Morgan fingerprint density at radius 1 is 1.20 bits per heavy atom. The molecule has 0 saturated heterocycles. The highest BCUT2D eigenvalue weighted by Crippen LogP contribution is 2.21. The fourth-order valence-electron chi connectivity index (χ4n) is 2.24. The Balaban J connectivity index is 2.08. The standard InChI is InChI=1S/C15H14N4O/c16-12-7-13-14(6-11(12)15(17)20)19(9-18-13)8-10-4-2-1-3-5-10/h1-7,9H,8,16H2,(H2,17,20). The van der Waals surface area contributed by atoms with Gasteiger partial charge in [0, 0.05) is 12.2 Å². The second kappa shape index (κ2) is 4.70. The number of amides is 1. The summed E-state index contributed by atoms with van der Waals surface area (Å²) in [5, 5.41) is 0. The summed E-state index contributed by atoms with van der Waals surface area (Å²) in [6, 6.07) is 13.4. The van der Waals surface area contributed by atoms with Crippen LogP contribution in [0.5, 0.6) is 0 Å². The Morgan fingerprint density at radius 3 is 2.65 bits per heavy atom. The second-order valence-corrected chi connectivity index (χ2v) is 4.65. The van der Waals surface area contributed by atoms with E-state index in [1.165, 1.54) is 0 Å². The van der Waals surface area contributed by atoms with E-state index in [4.69, 9.17) is 11.5 Å². The molecule has 0 bridgehead atoms. The van der Waals surface area contributed by atoms with E-state index in [0.29, 0.717) is 17.8 Å². The van der Waals surface area contributed by atoms with Crippen molar-refractivity contribution in [1.82, 2.24) is 9.55 Å². The van der Waals surface area contributed by atoms with Crippen LogP contribution in [0.25, 0.3) is 11.0 Å². The number of imidazole rings is 1. The molecule has 0 aliphatic rings. The number of benzene rings is 2. The molecule has 2 aromatic carbocycles. The van der Waals surface area contributed by atoms with Gasteiger partial charge in [-0.15, -0.1) is 0 Å². The zero-order valence-electron chi connectivity index (χ0n) is 10.8. The van der Waals surface area contributed by atoms with E-state index in [-0.39, 0.29) is 0 Å². The maximum atomic E-state index is 11.4. The SMILES string of the molecule is NC(=O)c1cc2c(cc1N)ncn2Cc1ccccc1. The van der Waals surface area contributed by atoms with Gasteiger partial charge in [0.2, 0.25) is 0 Å². The zero-order valence-corrected chi connectivity index (χ0v) is 10.8. The molecular weight excluding hydrogens is 252 g/mol. The lowest BCUT2D eigenvalue weighted by Crippen LogP contribution is -2.13. The quantitative estimate of drug-likeness (QED) is 0.708. The lowest BCUT2D eigenvalue weighted by atomic mass is 10.1. The molecule has 100 valence electrons. The van der Waals surface area contributed by atoms with Gasteiger partial charge in [-0.3, -0.25) is 4.79 Å². The number of rotatable bonds is 3. The monoisotopic (exact) mass is 266 g/mol. The van der Waals surface area contributed by atoms with Crippen LogP contribution in [0.15, 0.2) is 48.8 Å². The van der Waals surface area contributed by atoms with Crippen LogP contribution in [-0.4, -0.2) is 15.5 Å².